The van der Waals surface area contributed by atoms with Crippen molar-refractivity contribution in [1.29, 1.82) is 0 Å². The SMILES string of the molecule is O=[N+]([O-])c1ccccc1CNCCS(=O)(=O)NCc1ccccc1. The summed E-state index contributed by atoms with van der Waals surface area (Å²) in [4.78, 5) is 10.5. The van der Waals surface area contributed by atoms with E-state index in [-0.39, 0.29) is 31.1 Å². The van der Waals surface area contributed by atoms with E-state index in [0.717, 1.165) is 5.56 Å². The van der Waals surface area contributed by atoms with Crippen LogP contribution in [0.5, 0.6) is 0 Å². The highest BCUT2D eigenvalue weighted by Crippen LogP contribution is 2.16. The molecule has 0 bridgehead atoms. The second-order valence-corrected chi connectivity index (χ2v) is 7.11. The Balaban J connectivity index is 1.78. The Morgan fingerprint density at radius 2 is 1.62 bits per heavy atom. The first-order chi connectivity index (χ1) is 11.5. The molecular weight excluding hydrogens is 330 g/mol. The number of nitrogens with one attached hydrogen (secondary N) is 2. The Kier molecular flexibility index (Phi) is 6.42. The van der Waals surface area contributed by atoms with Crippen LogP contribution >= 0.6 is 0 Å². The maximum Gasteiger partial charge on any atom is 0.273 e. The molecule has 0 amide bonds. The van der Waals surface area contributed by atoms with Gasteiger partial charge in [0.1, 0.15) is 0 Å². The summed E-state index contributed by atoms with van der Waals surface area (Å²) in [7, 11) is -3.41. The summed E-state index contributed by atoms with van der Waals surface area (Å²) in [5, 5.41) is 13.8. The third-order valence-electron chi connectivity index (χ3n) is 3.39. The van der Waals surface area contributed by atoms with Crippen LogP contribution in [0.3, 0.4) is 0 Å². The van der Waals surface area contributed by atoms with Crippen molar-refractivity contribution in [3.8, 4) is 0 Å². The topological polar surface area (TPSA) is 101 Å². The van der Waals surface area contributed by atoms with Crippen molar-refractivity contribution in [2.45, 2.75) is 13.1 Å². The Morgan fingerprint density at radius 1 is 0.958 bits per heavy atom. The summed E-state index contributed by atoms with van der Waals surface area (Å²) < 4.78 is 26.4. The van der Waals surface area contributed by atoms with Gasteiger partial charge in [0.05, 0.1) is 10.7 Å². The van der Waals surface area contributed by atoms with Crippen molar-refractivity contribution in [2.75, 3.05) is 12.3 Å². The lowest BCUT2D eigenvalue weighted by atomic mass is 10.2. The summed E-state index contributed by atoms with van der Waals surface area (Å²) in [6, 6.07) is 15.6. The Hall–Kier alpha value is -2.29. The lowest BCUT2D eigenvalue weighted by Gasteiger charge is -2.08. The zero-order valence-corrected chi connectivity index (χ0v) is 13.8. The number of rotatable bonds is 9. The monoisotopic (exact) mass is 349 g/mol. The minimum atomic E-state index is -3.41. The summed E-state index contributed by atoms with van der Waals surface area (Å²) in [5.74, 6) is -0.0968. The lowest BCUT2D eigenvalue weighted by molar-refractivity contribution is -0.385. The van der Waals surface area contributed by atoms with Gasteiger partial charge in [0.2, 0.25) is 10.0 Å². The van der Waals surface area contributed by atoms with Gasteiger partial charge in [-0.1, -0.05) is 48.5 Å². The number of benzene rings is 2. The molecule has 0 aromatic heterocycles. The van der Waals surface area contributed by atoms with Crippen molar-refractivity contribution in [2.24, 2.45) is 0 Å². The molecule has 2 aromatic rings. The minimum Gasteiger partial charge on any atom is -0.311 e. The first-order valence-electron chi connectivity index (χ1n) is 7.42. The van der Waals surface area contributed by atoms with Gasteiger partial charge in [-0.2, -0.15) is 0 Å². The van der Waals surface area contributed by atoms with Gasteiger partial charge in [-0.05, 0) is 5.56 Å². The Bertz CT molecular complexity index is 779. The third kappa shape index (κ3) is 5.73. The molecule has 0 radical (unpaired) electrons. The molecule has 0 atom stereocenters. The van der Waals surface area contributed by atoms with Gasteiger partial charge in [0.15, 0.2) is 0 Å². The van der Waals surface area contributed by atoms with Gasteiger partial charge < -0.3 is 5.32 Å². The van der Waals surface area contributed by atoms with Crippen LogP contribution in [-0.2, 0) is 23.1 Å². The Labute approximate surface area is 140 Å². The standard InChI is InChI=1S/C16H19N3O4S/c20-19(21)16-9-5-4-8-15(16)13-17-10-11-24(22,23)18-12-14-6-2-1-3-7-14/h1-9,17-18H,10-13H2. The van der Waals surface area contributed by atoms with Crippen molar-refractivity contribution in [3.63, 3.8) is 0 Å². The highest BCUT2D eigenvalue weighted by Gasteiger charge is 2.13. The van der Waals surface area contributed by atoms with Gasteiger partial charge in [-0.3, -0.25) is 10.1 Å². The van der Waals surface area contributed by atoms with Crippen molar-refractivity contribution >= 4 is 15.7 Å². The van der Waals surface area contributed by atoms with Crippen molar-refractivity contribution in [1.82, 2.24) is 10.0 Å². The molecule has 2 rings (SSSR count). The normalized spacial score (nSPS) is 11.3. The number of nitrogens with zero attached hydrogens (tertiary/aromatic N) is 1. The van der Waals surface area contributed by atoms with Gasteiger partial charge >= 0.3 is 0 Å². The van der Waals surface area contributed by atoms with Crippen LogP contribution < -0.4 is 10.0 Å². The van der Waals surface area contributed by atoms with Crippen LogP contribution in [0, 0.1) is 10.1 Å². The van der Waals surface area contributed by atoms with Gasteiger partial charge in [0.25, 0.3) is 5.69 Å². The largest absolute Gasteiger partial charge is 0.311 e. The fraction of sp³-hybridized carbons (Fsp3) is 0.250. The fourth-order valence-electron chi connectivity index (χ4n) is 2.13. The molecule has 0 aliphatic carbocycles. The first kappa shape index (κ1) is 18.1. The molecule has 0 aliphatic heterocycles. The van der Waals surface area contributed by atoms with E-state index in [1.54, 1.807) is 18.2 Å². The summed E-state index contributed by atoms with van der Waals surface area (Å²) in [5.41, 5.74) is 1.43. The molecule has 0 saturated heterocycles. The average Bonchev–Trinajstić information content (AvgIpc) is 2.58. The molecule has 2 aromatic carbocycles. The van der Waals surface area contributed by atoms with Gasteiger partial charge in [0, 0.05) is 31.3 Å². The van der Waals surface area contributed by atoms with E-state index >= 15 is 0 Å². The van der Waals surface area contributed by atoms with E-state index in [1.165, 1.54) is 6.07 Å². The molecule has 0 unspecified atom stereocenters. The van der Waals surface area contributed by atoms with Crippen LogP contribution in [0.2, 0.25) is 0 Å². The molecule has 24 heavy (non-hydrogen) atoms. The fourth-order valence-corrected chi connectivity index (χ4v) is 3.07. The predicted molar refractivity (Wildman–Crippen MR) is 91.9 cm³/mol. The predicted octanol–water partition coefficient (Wildman–Crippen LogP) is 1.80. The zero-order chi connectivity index (χ0) is 17.4. The van der Waals surface area contributed by atoms with Crippen molar-refractivity contribution < 1.29 is 13.3 Å². The molecular formula is C16H19N3O4S. The number of hydrogen-bond donors (Lipinski definition) is 2. The average molecular weight is 349 g/mol. The quantitative estimate of drug-likeness (QED) is 0.408. The highest BCUT2D eigenvalue weighted by atomic mass is 32.2. The van der Waals surface area contributed by atoms with Gasteiger partial charge in [-0.25, -0.2) is 13.1 Å². The Morgan fingerprint density at radius 3 is 2.33 bits per heavy atom. The third-order valence-corrected chi connectivity index (χ3v) is 4.72. The second-order valence-electron chi connectivity index (χ2n) is 5.19. The number of hydrogen-bond acceptors (Lipinski definition) is 5. The van der Waals surface area contributed by atoms with E-state index in [1.807, 2.05) is 30.3 Å². The lowest BCUT2D eigenvalue weighted by Crippen LogP contribution is -2.31. The van der Waals surface area contributed by atoms with Crippen LogP contribution in [0.25, 0.3) is 0 Å². The number of nitro groups is 1. The van der Waals surface area contributed by atoms with E-state index in [2.05, 4.69) is 10.0 Å². The van der Waals surface area contributed by atoms with E-state index < -0.39 is 14.9 Å². The number of nitro benzene ring substituents is 1. The van der Waals surface area contributed by atoms with Crippen LogP contribution in [0.4, 0.5) is 5.69 Å². The van der Waals surface area contributed by atoms with Gasteiger partial charge in [-0.15, -0.1) is 0 Å². The number of para-hydroxylation sites is 1. The van der Waals surface area contributed by atoms with E-state index in [4.69, 9.17) is 0 Å². The smallest absolute Gasteiger partial charge is 0.273 e. The molecule has 0 aliphatic rings. The van der Waals surface area contributed by atoms with Crippen LogP contribution in [-0.4, -0.2) is 25.6 Å². The molecule has 7 nitrogen and oxygen atoms in total. The van der Waals surface area contributed by atoms with E-state index in [0.29, 0.717) is 5.56 Å². The second kappa shape index (κ2) is 8.53. The molecule has 0 heterocycles. The van der Waals surface area contributed by atoms with Crippen LogP contribution in [0.1, 0.15) is 11.1 Å². The molecule has 0 spiro atoms. The van der Waals surface area contributed by atoms with Crippen molar-refractivity contribution in [3.05, 3.63) is 75.8 Å². The number of sulfonamides is 1. The molecule has 128 valence electrons. The van der Waals surface area contributed by atoms with Crippen LogP contribution in [0.15, 0.2) is 54.6 Å². The molecule has 8 heteroatoms. The summed E-state index contributed by atoms with van der Waals surface area (Å²) in [6.45, 7) is 0.689. The zero-order valence-electron chi connectivity index (χ0n) is 13.0. The maximum absolute atomic E-state index is 11.9. The summed E-state index contributed by atoms with van der Waals surface area (Å²) in [6.07, 6.45) is 0. The highest BCUT2D eigenvalue weighted by molar-refractivity contribution is 7.89. The summed E-state index contributed by atoms with van der Waals surface area (Å²) >= 11 is 0. The molecule has 0 fully saturated rings. The van der Waals surface area contributed by atoms with E-state index in [9.17, 15) is 18.5 Å². The molecule has 2 N–H and O–H groups in total. The first-order valence-corrected chi connectivity index (χ1v) is 9.07. The molecule has 0 saturated carbocycles. The minimum absolute atomic E-state index is 0.0232. The maximum atomic E-state index is 11.9.